The van der Waals surface area contributed by atoms with Crippen LogP contribution in [0.25, 0.3) is 0 Å². The first kappa shape index (κ1) is 12.1. The highest BCUT2D eigenvalue weighted by Gasteiger charge is 2.07. The fourth-order valence-electron chi connectivity index (χ4n) is 1.16. The predicted octanol–water partition coefficient (Wildman–Crippen LogP) is 2.74. The molecule has 0 aliphatic carbocycles. The molecule has 0 aliphatic rings. The summed E-state index contributed by atoms with van der Waals surface area (Å²) < 4.78 is 0. The maximum absolute atomic E-state index is 5.86. The molecule has 0 N–H and O–H groups in total. The predicted molar refractivity (Wildman–Crippen MR) is 69.7 cm³/mol. The molecule has 0 amide bonds. The van der Waals surface area contributed by atoms with Crippen molar-refractivity contribution in [1.29, 1.82) is 0 Å². The van der Waals surface area contributed by atoms with Gasteiger partial charge in [0.25, 0.3) is 0 Å². The SMILES string of the molecule is CN(C)c1nc(Cl)nc(Sc2ccccc2)n1. The highest BCUT2D eigenvalue weighted by molar-refractivity contribution is 7.99. The van der Waals surface area contributed by atoms with E-state index in [4.69, 9.17) is 11.6 Å². The summed E-state index contributed by atoms with van der Waals surface area (Å²) in [6.07, 6.45) is 0. The Labute approximate surface area is 109 Å². The lowest BCUT2D eigenvalue weighted by molar-refractivity contribution is 0.866. The van der Waals surface area contributed by atoms with E-state index >= 15 is 0 Å². The average Bonchev–Trinajstić information content (AvgIpc) is 2.29. The lowest BCUT2D eigenvalue weighted by Gasteiger charge is -2.10. The molecule has 2 aromatic rings. The van der Waals surface area contributed by atoms with Crippen LogP contribution in [0.4, 0.5) is 5.95 Å². The third-order valence-corrected chi connectivity index (χ3v) is 2.97. The van der Waals surface area contributed by atoms with Crippen LogP contribution < -0.4 is 4.90 Å². The van der Waals surface area contributed by atoms with E-state index in [9.17, 15) is 0 Å². The van der Waals surface area contributed by atoms with Gasteiger partial charge in [-0.05, 0) is 35.5 Å². The van der Waals surface area contributed by atoms with Gasteiger partial charge in [-0.25, -0.2) is 0 Å². The fraction of sp³-hybridized carbons (Fsp3) is 0.182. The summed E-state index contributed by atoms with van der Waals surface area (Å²) in [6, 6.07) is 9.90. The van der Waals surface area contributed by atoms with E-state index in [2.05, 4.69) is 15.0 Å². The molecule has 2 rings (SSSR count). The Morgan fingerprint density at radius 3 is 2.41 bits per heavy atom. The molecule has 88 valence electrons. The summed E-state index contributed by atoms with van der Waals surface area (Å²) in [5.74, 6) is 0.559. The lowest BCUT2D eigenvalue weighted by atomic mass is 10.4. The smallest absolute Gasteiger partial charge is 0.230 e. The normalized spacial score (nSPS) is 10.3. The number of rotatable bonds is 3. The first-order valence-electron chi connectivity index (χ1n) is 4.97. The molecule has 1 heterocycles. The topological polar surface area (TPSA) is 41.9 Å². The van der Waals surface area contributed by atoms with Crippen molar-refractivity contribution in [2.75, 3.05) is 19.0 Å². The third kappa shape index (κ3) is 3.31. The zero-order valence-electron chi connectivity index (χ0n) is 9.46. The Hall–Kier alpha value is -1.33. The van der Waals surface area contributed by atoms with Crippen LogP contribution in [0.1, 0.15) is 0 Å². The average molecular weight is 267 g/mol. The maximum atomic E-state index is 5.86. The van der Waals surface area contributed by atoms with Crippen molar-refractivity contribution >= 4 is 29.3 Å². The Balaban J connectivity index is 2.27. The maximum Gasteiger partial charge on any atom is 0.230 e. The molecule has 0 saturated heterocycles. The monoisotopic (exact) mass is 266 g/mol. The zero-order chi connectivity index (χ0) is 12.3. The largest absolute Gasteiger partial charge is 0.347 e. The standard InChI is InChI=1S/C11H11ClN4S/c1-16(2)10-13-9(12)14-11(15-10)17-8-6-4-3-5-7-8/h3-7H,1-2H3. The van der Waals surface area contributed by atoms with Crippen LogP contribution in [0.2, 0.25) is 5.28 Å². The van der Waals surface area contributed by atoms with Crippen molar-refractivity contribution in [1.82, 2.24) is 15.0 Å². The first-order chi connectivity index (χ1) is 8.15. The molecule has 1 aromatic heterocycles. The zero-order valence-corrected chi connectivity index (χ0v) is 11.0. The summed E-state index contributed by atoms with van der Waals surface area (Å²) in [5, 5.41) is 0.807. The summed E-state index contributed by atoms with van der Waals surface area (Å²) in [7, 11) is 3.73. The molecule has 6 heteroatoms. The quantitative estimate of drug-likeness (QED) is 0.855. The third-order valence-electron chi connectivity index (χ3n) is 1.93. The number of benzene rings is 1. The van der Waals surface area contributed by atoms with E-state index in [-0.39, 0.29) is 5.28 Å². The van der Waals surface area contributed by atoms with Crippen LogP contribution >= 0.6 is 23.4 Å². The number of anilines is 1. The van der Waals surface area contributed by atoms with E-state index in [0.717, 1.165) is 4.90 Å². The van der Waals surface area contributed by atoms with E-state index in [1.54, 1.807) is 4.90 Å². The van der Waals surface area contributed by atoms with Crippen molar-refractivity contribution < 1.29 is 0 Å². The number of hydrogen-bond donors (Lipinski definition) is 0. The minimum Gasteiger partial charge on any atom is -0.347 e. The number of halogens is 1. The Morgan fingerprint density at radius 2 is 1.76 bits per heavy atom. The van der Waals surface area contributed by atoms with E-state index in [0.29, 0.717) is 11.1 Å². The minimum absolute atomic E-state index is 0.210. The molecule has 4 nitrogen and oxygen atoms in total. The van der Waals surface area contributed by atoms with Crippen LogP contribution in [-0.4, -0.2) is 29.0 Å². The molecule has 0 saturated carbocycles. The molecular weight excluding hydrogens is 256 g/mol. The van der Waals surface area contributed by atoms with Gasteiger partial charge in [-0.1, -0.05) is 18.2 Å². The summed E-state index contributed by atoms with van der Waals surface area (Å²) in [6.45, 7) is 0. The number of hydrogen-bond acceptors (Lipinski definition) is 5. The summed E-state index contributed by atoms with van der Waals surface area (Å²) in [4.78, 5) is 15.3. The van der Waals surface area contributed by atoms with Gasteiger partial charge in [0.1, 0.15) is 0 Å². The molecule has 0 aliphatic heterocycles. The van der Waals surface area contributed by atoms with E-state index in [1.165, 1.54) is 11.8 Å². The Kier molecular flexibility index (Phi) is 3.81. The van der Waals surface area contributed by atoms with Crippen LogP contribution in [-0.2, 0) is 0 Å². The van der Waals surface area contributed by atoms with Gasteiger partial charge >= 0.3 is 0 Å². The second-order valence-electron chi connectivity index (χ2n) is 3.50. The molecular formula is C11H11ClN4S. The summed E-state index contributed by atoms with van der Waals surface area (Å²) >= 11 is 7.32. The van der Waals surface area contributed by atoms with E-state index in [1.807, 2.05) is 44.4 Å². The fourth-order valence-corrected chi connectivity index (χ4v) is 2.13. The lowest BCUT2D eigenvalue weighted by Crippen LogP contribution is -2.13. The Bertz CT molecular complexity index is 504. The van der Waals surface area contributed by atoms with Crippen LogP contribution in [0.3, 0.4) is 0 Å². The molecule has 0 fully saturated rings. The molecule has 0 radical (unpaired) electrons. The highest BCUT2D eigenvalue weighted by Crippen LogP contribution is 2.25. The van der Waals surface area contributed by atoms with Crippen molar-refractivity contribution in [3.63, 3.8) is 0 Å². The molecule has 0 atom stereocenters. The molecule has 0 unspecified atom stereocenters. The second-order valence-corrected chi connectivity index (χ2v) is 4.88. The van der Waals surface area contributed by atoms with Crippen LogP contribution in [0, 0.1) is 0 Å². The molecule has 0 bridgehead atoms. The van der Waals surface area contributed by atoms with Crippen molar-refractivity contribution in [2.24, 2.45) is 0 Å². The molecule has 1 aromatic carbocycles. The van der Waals surface area contributed by atoms with Crippen LogP contribution in [0.15, 0.2) is 40.4 Å². The van der Waals surface area contributed by atoms with Gasteiger partial charge in [-0.3, -0.25) is 0 Å². The van der Waals surface area contributed by atoms with Gasteiger partial charge in [0.05, 0.1) is 0 Å². The van der Waals surface area contributed by atoms with Gasteiger partial charge in [-0.15, -0.1) is 0 Å². The van der Waals surface area contributed by atoms with Gasteiger partial charge in [-0.2, -0.15) is 15.0 Å². The number of nitrogens with zero attached hydrogens (tertiary/aromatic N) is 4. The van der Waals surface area contributed by atoms with Crippen molar-refractivity contribution in [3.8, 4) is 0 Å². The minimum atomic E-state index is 0.210. The second kappa shape index (κ2) is 5.33. The first-order valence-corrected chi connectivity index (χ1v) is 6.16. The van der Waals surface area contributed by atoms with Crippen molar-refractivity contribution in [3.05, 3.63) is 35.6 Å². The van der Waals surface area contributed by atoms with Gasteiger partial charge in [0.15, 0.2) is 5.16 Å². The molecule has 17 heavy (non-hydrogen) atoms. The van der Waals surface area contributed by atoms with Gasteiger partial charge in [0, 0.05) is 19.0 Å². The summed E-state index contributed by atoms with van der Waals surface area (Å²) in [5.41, 5.74) is 0. The van der Waals surface area contributed by atoms with Crippen LogP contribution in [0.5, 0.6) is 0 Å². The molecule has 0 spiro atoms. The van der Waals surface area contributed by atoms with Gasteiger partial charge < -0.3 is 4.90 Å². The highest BCUT2D eigenvalue weighted by atomic mass is 35.5. The van der Waals surface area contributed by atoms with Gasteiger partial charge in [0.2, 0.25) is 11.2 Å². The van der Waals surface area contributed by atoms with Crippen molar-refractivity contribution in [2.45, 2.75) is 10.1 Å². The Morgan fingerprint density at radius 1 is 1.06 bits per heavy atom. The van der Waals surface area contributed by atoms with E-state index < -0.39 is 0 Å². The number of aromatic nitrogens is 3.